The van der Waals surface area contributed by atoms with Gasteiger partial charge in [-0.25, -0.2) is 13.2 Å². The Kier molecular flexibility index (Phi) is 3.30. The summed E-state index contributed by atoms with van der Waals surface area (Å²) in [5, 5.41) is 9.18. The van der Waals surface area contributed by atoms with Crippen LogP contribution in [0.5, 0.6) is 0 Å². The molecule has 1 aromatic carbocycles. The zero-order chi connectivity index (χ0) is 13.3. The molecule has 0 unspecified atom stereocenters. The molecule has 1 fully saturated rings. The van der Waals surface area contributed by atoms with E-state index in [0.717, 1.165) is 5.56 Å². The minimum atomic E-state index is -2.95. The number of anilines is 1. The highest BCUT2D eigenvalue weighted by Crippen LogP contribution is 2.23. The molecule has 0 saturated carbocycles. The Balaban J connectivity index is 2.32. The Morgan fingerprint density at radius 1 is 1.28 bits per heavy atom. The van der Waals surface area contributed by atoms with E-state index in [-0.39, 0.29) is 17.1 Å². The fourth-order valence-electron chi connectivity index (χ4n) is 2.05. The lowest BCUT2D eigenvalue weighted by atomic mass is 10.1. The van der Waals surface area contributed by atoms with Crippen molar-refractivity contribution in [1.82, 2.24) is 0 Å². The number of aromatic carboxylic acids is 1. The molecule has 1 aromatic rings. The van der Waals surface area contributed by atoms with Crippen LogP contribution < -0.4 is 4.90 Å². The molecule has 18 heavy (non-hydrogen) atoms. The van der Waals surface area contributed by atoms with Crippen molar-refractivity contribution in [2.75, 3.05) is 29.5 Å². The average Bonchev–Trinajstić information content (AvgIpc) is 2.29. The van der Waals surface area contributed by atoms with Gasteiger partial charge in [-0.15, -0.1) is 0 Å². The van der Waals surface area contributed by atoms with Crippen LogP contribution in [0.15, 0.2) is 18.2 Å². The van der Waals surface area contributed by atoms with Gasteiger partial charge in [0, 0.05) is 13.1 Å². The van der Waals surface area contributed by atoms with E-state index >= 15 is 0 Å². The number of carboxylic acid groups (broad SMARTS) is 1. The first-order chi connectivity index (χ1) is 8.39. The summed E-state index contributed by atoms with van der Waals surface area (Å²) in [5.41, 5.74) is 1.71. The van der Waals surface area contributed by atoms with Crippen molar-refractivity contribution < 1.29 is 18.3 Å². The number of sulfone groups is 1. The number of rotatable bonds is 2. The van der Waals surface area contributed by atoms with Gasteiger partial charge in [0.2, 0.25) is 0 Å². The first-order valence-electron chi connectivity index (χ1n) is 5.68. The first kappa shape index (κ1) is 12.9. The highest BCUT2D eigenvalue weighted by Gasteiger charge is 2.24. The Bertz CT molecular complexity index is 566. The van der Waals surface area contributed by atoms with Gasteiger partial charge < -0.3 is 10.0 Å². The maximum absolute atomic E-state index is 11.4. The molecule has 6 heteroatoms. The fraction of sp³-hybridized carbons (Fsp3) is 0.417. The van der Waals surface area contributed by atoms with Crippen molar-refractivity contribution in [1.29, 1.82) is 0 Å². The standard InChI is InChI=1S/C12H15NO4S/c1-9-2-3-11(10(8-9)12(14)15)13-4-6-18(16,17)7-5-13/h2-3,8H,4-7H2,1H3,(H,14,15). The van der Waals surface area contributed by atoms with Crippen molar-refractivity contribution in [3.63, 3.8) is 0 Å². The van der Waals surface area contributed by atoms with Crippen molar-refractivity contribution in [3.05, 3.63) is 29.3 Å². The minimum absolute atomic E-state index is 0.0833. The van der Waals surface area contributed by atoms with Crippen LogP contribution in [0.1, 0.15) is 15.9 Å². The summed E-state index contributed by atoms with van der Waals surface area (Å²) in [4.78, 5) is 13.0. The summed E-state index contributed by atoms with van der Waals surface area (Å²) in [6, 6.07) is 5.20. The highest BCUT2D eigenvalue weighted by atomic mass is 32.2. The molecule has 0 amide bonds. The van der Waals surface area contributed by atoms with Gasteiger partial charge in [-0.1, -0.05) is 11.6 Å². The van der Waals surface area contributed by atoms with E-state index in [1.54, 1.807) is 12.1 Å². The van der Waals surface area contributed by atoms with E-state index in [4.69, 9.17) is 0 Å². The molecule has 0 radical (unpaired) electrons. The van der Waals surface area contributed by atoms with Gasteiger partial charge in [0.25, 0.3) is 0 Å². The molecule has 0 aliphatic carbocycles. The van der Waals surface area contributed by atoms with Gasteiger partial charge >= 0.3 is 5.97 Å². The second-order valence-electron chi connectivity index (χ2n) is 4.46. The molecule has 98 valence electrons. The molecule has 1 aliphatic heterocycles. The number of nitrogens with zero attached hydrogens (tertiary/aromatic N) is 1. The van der Waals surface area contributed by atoms with Gasteiger partial charge in [0.1, 0.15) is 0 Å². The number of hydrogen-bond donors (Lipinski definition) is 1. The highest BCUT2D eigenvalue weighted by molar-refractivity contribution is 7.91. The quantitative estimate of drug-likeness (QED) is 0.864. The van der Waals surface area contributed by atoms with E-state index in [9.17, 15) is 18.3 Å². The second kappa shape index (κ2) is 4.61. The van der Waals surface area contributed by atoms with Gasteiger partial charge in [0.15, 0.2) is 9.84 Å². The number of carbonyl (C=O) groups is 1. The molecule has 1 aliphatic rings. The van der Waals surface area contributed by atoms with E-state index in [0.29, 0.717) is 18.8 Å². The predicted molar refractivity (Wildman–Crippen MR) is 69.0 cm³/mol. The Morgan fingerprint density at radius 3 is 2.44 bits per heavy atom. The fourth-order valence-corrected chi connectivity index (χ4v) is 3.25. The van der Waals surface area contributed by atoms with Gasteiger partial charge in [-0.2, -0.15) is 0 Å². The number of benzene rings is 1. The number of aryl methyl sites for hydroxylation is 1. The van der Waals surface area contributed by atoms with Gasteiger partial charge in [-0.3, -0.25) is 0 Å². The first-order valence-corrected chi connectivity index (χ1v) is 7.50. The van der Waals surface area contributed by atoms with Crippen LogP contribution in [0.4, 0.5) is 5.69 Å². The number of carboxylic acids is 1. The zero-order valence-corrected chi connectivity index (χ0v) is 10.9. The maximum Gasteiger partial charge on any atom is 0.337 e. The van der Waals surface area contributed by atoms with E-state index in [2.05, 4.69) is 0 Å². The third-order valence-electron chi connectivity index (χ3n) is 3.07. The van der Waals surface area contributed by atoms with Crippen molar-refractivity contribution in [2.24, 2.45) is 0 Å². The molecule has 0 atom stereocenters. The number of hydrogen-bond acceptors (Lipinski definition) is 4. The lowest BCUT2D eigenvalue weighted by Crippen LogP contribution is -2.40. The van der Waals surface area contributed by atoms with Gasteiger partial charge in [0.05, 0.1) is 22.8 Å². The molecule has 0 spiro atoms. The maximum atomic E-state index is 11.4. The summed E-state index contributed by atoms with van der Waals surface area (Å²) in [5.74, 6) is -0.818. The molecule has 0 bridgehead atoms. The smallest absolute Gasteiger partial charge is 0.337 e. The van der Waals surface area contributed by atoms with Crippen LogP contribution in [0.2, 0.25) is 0 Å². The molecule has 0 aromatic heterocycles. The second-order valence-corrected chi connectivity index (χ2v) is 6.77. The predicted octanol–water partition coefficient (Wildman–Crippen LogP) is 0.928. The third kappa shape index (κ3) is 2.64. The molecule has 1 heterocycles. The average molecular weight is 269 g/mol. The normalized spacial score (nSPS) is 18.6. The minimum Gasteiger partial charge on any atom is -0.478 e. The molecule has 1 saturated heterocycles. The van der Waals surface area contributed by atoms with E-state index in [1.165, 1.54) is 0 Å². The van der Waals surface area contributed by atoms with Crippen molar-refractivity contribution in [3.8, 4) is 0 Å². The van der Waals surface area contributed by atoms with Crippen LogP contribution in [-0.4, -0.2) is 44.1 Å². The summed E-state index contributed by atoms with van der Waals surface area (Å²) >= 11 is 0. The van der Waals surface area contributed by atoms with E-state index < -0.39 is 15.8 Å². The molecule has 5 nitrogen and oxygen atoms in total. The lowest BCUT2D eigenvalue weighted by Gasteiger charge is -2.29. The Labute approximate surface area is 106 Å². The third-order valence-corrected chi connectivity index (χ3v) is 4.68. The van der Waals surface area contributed by atoms with Crippen LogP contribution in [0, 0.1) is 6.92 Å². The van der Waals surface area contributed by atoms with Crippen LogP contribution in [0.3, 0.4) is 0 Å². The largest absolute Gasteiger partial charge is 0.478 e. The summed E-state index contributed by atoms with van der Waals surface area (Å²) in [6.07, 6.45) is 0. The monoisotopic (exact) mass is 269 g/mol. The summed E-state index contributed by atoms with van der Waals surface area (Å²) < 4.78 is 22.7. The van der Waals surface area contributed by atoms with Gasteiger partial charge in [-0.05, 0) is 19.1 Å². The van der Waals surface area contributed by atoms with Crippen molar-refractivity contribution >= 4 is 21.5 Å². The molecular formula is C12H15NO4S. The van der Waals surface area contributed by atoms with Crippen molar-refractivity contribution in [2.45, 2.75) is 6.92 Å². The Hall–Kier alpha value is -1.56. The van der Waals surface area contributed by atoms with Crippen LogP contribution in [0.25, 0.3) is 0 Å². The van der Waals surface area contributed by atoms with Crippen LogP contribution in [-0.2, 0) is 9.84 Å². The SMILES string of the molecule is Cc1ccc(N2CCS(=O)(=O)CC2)c(C(=O)O)c1. The summed E-state index contributed by atoms with van der Waals surface area (Å²) in [6.45, 7) is 2.54. The molecule has 2 rings (SSSR count). The zero-order valence-electron chi connectivity index (χ0n) is 10.1. The molecular weight excluding hydrogens is 254 g/mol. The van der Waals surface area contributed by atoms with Crippen LogP contribution >= 0.6 is 0 Å². The molecule has 1 N–H and O–H groups in total. The lowest BCUT2D eigenvalue weighted by molar-refractivity contribution is 0.0697. The van der Waals surface area contributed by atoms with E-state index in [1.807, 2.05) is 17.9 Å². The summed E-state index contributed by atoms with van der Waals surface area (Å²) in [7, 11) is -2.95. The topological polar surface area (TPSA) is 74.7 Å². The Morgan fingerprint density at radius 2 is 1.89 bits per heavy atom.